The van der Waals surface area contributed by atoms with Crippen LogP contribution in [0.4, 0.5) is 0 Å². The van der Waals surface area contributed by atoms with Crippen molar-refractivity contribution in [1.29, 1.82) is 0 Å². The maximum Gasteiger partial charge on any atom is 0.316 e. The van der Waals surface area contributed by atoms with Crippen molar-refractivity contribution < 1.29 is 9.90 Å². The molecule has 0 heterocycles. The highest BCUT2D eigenvalue weighted by Crippen LogP contribution is 2.24. The van der Waals surface area contributed by atoms with Gasteiger partial charge in [0, 0.05) is 9.37 Å². The molecule has 0 saturated heterocycles. The molecular formula is C9H9BrO2S. The normalized spacial score (nSPS) is 12.5. The molecule has 0 bridgehead atoms. The van der Waals surface area contributed by atoms with Gasteiger partial charge in [0.2, 0.25) is 0 Å². The lowest BCUT2D eigenvalue weighted by Crippen LogP contribution is -2.10. The Morgan fingerprint density at radius 2 is 2.00 bits per heavy atom. The summed E-state index contributed by atoms with van der Waals surface area (Å²) in [6, 6.07) is 7.59. The van der Waals surface area contributed by atoms with E-state index in [-0.39, 0.29) is 0 Å². The second kappa shape index (κ2) is 4.67. The van der Waals surface area contributed by atoms with Gasteiger partial charge in [-0.25, -0.2) is 0 Å². The van der Waals surface area contributed by atoms with Gasteiger partial charge >= 0.3 is 5.97 Å². The van der Waals surface area contributed by atoms with Crippen LogP contribution < -0.4 is 0 Å². The van der Waals surface area contributed by atoms with Crippen LogP contribution in [0.15, 0.2) is 33.6 Å². The number of carboxylic acid groups (broad SMARTS) is 1. The van der Waals surface area contributed by atoms with E-state index in [0.29, 0.717) is 0 Å². The largest absolute Gasteiger partial charge is 0.480 e. The molecule has 1 aromatic rings. The van der Waals surface area contributed by atoms with E-state index in [1.807, 2.05) is 24.3 Å². The van der Waals surface area contributed by atoms with Gasteiger partial charge in [0.1, 0.15) is 5.25 Å². The number of thioether (sulfide) groups is 1. The number of benzene rings is 1. The Kier molecular flexibility index (Phi) is 3.81. The topological polar surface area (TPSA) is 37.3 Å². The first-order valence-electron chi connectivity index (χ1n) is 3.74. The smallest absolute Gasteiger partial charge is 0.316 e. The molecular weight excluding hydrogens is 252 g/mol. The van der Waals surface area contributed by atoms with Gasteiger partial charge in [-0.1, -0.05) is 15.9 Å². The Hall–Kier alpha value is -0.480. The molecule has 0 amide bonds. The van der Waals surface area contributed by atoms with Crippen LogP contribution >= 0.6 is 27.7 Å². The minimum absolute atomic E-state index is 0.402. The van der Waals surface area contributed by atoms with Crippen molar-refractivity contribution in [2.24, 2.45) is 0 Å². The fourth-order valence-electron chi connectivity index (χ4n) is 0.768. The molecule has 0 radical (unpaired) electrons. The minimum Gasteiger partial charge on any atom is -0.480 e. The molecule has 13 heavy (non-hydrogen) atoms. The van der Waals surface area contributed by atoms with Gasteiger partial charge in [-0.3, -0.25) is 4.79 Å². The van der Waals surface area contributed by atoms with Crippen LogP contribution in [0.1, 0.15) is 6.92 Å². The third-order valence-corrected chi connectivity index (χ3v) is 3.10. The lowest BCUT2D eigenvalue weighted by atomic mass is 10.4. The highest BCUT2D eigenvalue weighted by molar-refractivity contribution is 9.10. The van der Waals surface area contributed by atoms with Crippen molar-refractivity contribution in [1.82, 2.24) is 0 Å². The predicted octanol–water partition coefficient (Wildman–Crippen LogP) is 3.01. The predicted molar refractivity (Wildman–Crippen MR) is 57.1 cm³/mol. The van der Waals surface area contributed by atoms with Crippen molar-refractivity contribution in [3.05, 3.63) is 28.7 Å². The summed E-state index contributed by atoms with van der Waals surface area (Å²) in [7, 11) is 0. The summed E-state index contributed by atoms with van der Waals surface area (Å²) >= 11 is 4.66. The molecule has 1 atom stereocenters. The SMILES string of the molecule is CC(Sc1ccc(Br)cc1)C(=O)O. The Balaban J connectivity index is 2.64. The van der Waals surface area contributed by atoms with Crippen LogP contribution in [0.25, 0.3) is 0 Å². The summed E-state index contributed by atoms with van der Waals surface area (Å²) in [5.74, 6) is -0.784. The standard InChI is InChI=1S/C9H9BrO2S/c1-6(9(11)12)13-8-4-2-7(10)3-5-8/h2-6H,1H3,(H,11,12). The van der Waals surface area contributed by atoms with Crippen LogP contribution in [0.5, 0.6) is 0 Å². The lowest BCUT2D eigenvalue weighted by molar-refractivity contribution is -0.136. The maximum absolute atomic E-state index is 10.5. The Bertz CT molecular complexity index is 297. The van der Waals surface area contributed by atoms with Crippen molar-refractivity contribution in [2.75, 3.05) is 0 Å². The van der Waals surface area contributed by atoms with Crippen molar-refractivity contribution in [3.63, 3.8) is 0 Å². The number of carboxylic acids is 1. The summed E-state index contributed by atoms with van der Waals surface area (Å²) in [6.07, 6.45) is 0. The quantitative estimate of drug-likeness (QED) is 0.850. The zero-order valence-corrected chi connectivity index (χ0v) is 9.43. The molecule has 1 aromatic carbocycles. The minimum atomic E-state index is -0.784. The highest BCUT2D eigenvalue weighted by Gasteiger charge is 2.11. The van der Waals surface area contributed by atoms with Crippen LogP contribution in [0, 0.1) is 0 Å². The summed E-state index contributed by atoms with van der Waals surface area (Å²) < 4.78 is 1.000. The first-order chi connectivity index (χ1) is 6.09. The molecule has 1 N–H and O–H groups in total. The van der Waals surface area contributed by atoms with Crippen LogP contribution in [-0.2, 0) is 4.79 Å². The molecule has 0 aromatic heterocycles. The van der Waals surface area contributed by atoms with Gasteiger partial charge in [0.05, 0.1) is 0 Å². The Morgan fingerprint density at radius 1 is 1.46 bits per heavy atom. The fraction of sp³-hybridized carbons (Fsp3) is 0.222. The molecule has 0 spiro atoms. The van der Waals surface area contributed by atoms with Crippen molar-refractivity contribution in [2.45, 2.75) is 17.1 Å². The number of aliphatic carboxylic acids is 1. The van der Waals surface area contributed by atoms with E-state index in [2.05, 4.69) is 15.9 Å². The molecule has 0 fully saturated rings. The average molecular weight is 261 g/mol. The van der Waals surface area contributed by atoms with Gasteiger partial charge < -0.3 is 5.11 Å². The van der Waals surface area contributed by atoms with Gasteiger partial charge in [-0.05, 0) is 31.2 Å². The summed E-state index contributed by atoms with van der Waals surface area (Å²) in [5, 5.41) is 8.27. The molecule has 4 heteroatoms. The van der Waals surface area contributed by atoms with Gasteiger partial charge in [0.15, 0.2) is 0 Å². The van der Waals surface area contributed by atoms with E-state index in [1.165, 1.54) is 11.8 Å². The number of rotatable bonds is 3. The van der Waals surface area contributed by atoms with Crippen LogP contribution in [0.2, 0.25) is 0 Å². The third kappa shape index (κ3) is 3.40. The Labute approximate surface area is 89.5 Å². The first kappa shape index (κ1) is 10.6. The molecule has 0 aliphatic rings. The van der Waals surface area contributed by atoms with Crippen LogP contribution in [0.3, 0.4) is 0 Å². The molecule has 0 aliphatic carbocycles. The summed E-state index contributed by atoms with van der Waals surface area (Å²) in [4.78, 5) is 11.5. The van der Waals surface area contributed by atoms with E-state index >= 15 is 0 Å². The van der Waals surface area contributed by atoms with Gasteiger partial charge in [-0.2, -0.15) is 0 Å². The van der Waals surface area contributed by atoms with E-state index in [0.717, 1.165) is 9.37 Å². The zero-order valence-electron chi connectivity index (χ0n) is 7.03. The number of hydrogen-bond acceptors (Lipinski definition) is 2. The second-order valence-electron chi connectivity index (χ2n) is 2.55. The summed E-state index contributed by atoms with van der Waals surface area (Å²) in [5.41, 5.74) is 0. The van der Waals surface area contributed by atoms with Gasteiger partial charge in [-0.15, -0.1) is 11.8 Å². The van der Waals surface area contributed by atoms with Crippen molar-refractivity contribution in [3.8, 4) is 0 Å². The van der Waals surface area contributed by atoms with E-state index in [1.54, 1.807) is 6.92 Å². The number of hydrogen-bond donors (Lipinski definition) is 1. The summed E-state index contributed by atoms with van der Waals surface area (Å²) in [6.45, 7) is 1.68. The van der Waals surface area contributed by atoms with Crippen molar-refractivity contribution >= 4 is 33.7 Å². The van der Waals surface area contributed by atoms with Gasteiger partial charge in [0.25, 0.3) is 0 Å². The fourth-order valence-corrected chi connectivity index (χ4v) is 1.83. The first-order valence-corrected chi connectivity index (χ1v) is 5.42. The average Bonchev–Trinajstić information content (AvgIpc) is 2.08. The van der Waals surface area contributed by atoms with E-state index in [4.69, 9.17) is 5.11 Å². The van der Waals surface area contributed by atoms with Crippen LogP contribution in [-0.4, -0.2) is 16.3 Å². The molecule has 1 rings (SSSR count). The molecule has 1 unspecified atom stereocenters. The third-order valence-electron chi connectivity index (χ3n) is 1.47. The maximum atomic E-state index is 10.5. The van der Waals surface area contributed by atoms with E-state index < -0.39 is 11.2 Å². The number of carbonyl (C=O) groups is 1. The zero-order chi connectivity index (χ0) is 9.84. The molecule has 0 saturated carbocycles. The Morgan fingerprint density at radius 3 is 2.46 bits per heavy atom. The molecule has 70 valence electrons. The second-order valence-corrected chi connectivity index (χ2v) is 4.88. The molecule has 2 nitrogen and oxygen atoms in total. The van der Waals surface area contributed by atoms with E-state index in [9.17, 15) is 4.79 Å². The lowest BCUT2D eigenvalue weighted by Gasteiger charge is -2.05. The molecule has 0 aliphatic heterocycles. The number of halogens is 1. The monoisotopic (exact) mass is 260 g/mol. The highest BCUT2D eigenvalue weighted by atomic mass is 79.9.